The molecule has 0 aliphatic carbocycles. The van der Waals surface area contributed by atoms with Gasteiger partial charge >= 0.3 is 5.97 Å². The molecule has 4 N–H and O–H groups in total. The molecule has 224 valence electrons. The molecule has 0 spiro atoms. The number of thiophene rings is 1. The Morgan fingerprint density at radius 3 is 2.31 bits per heavy atom. The predicted octanol–water partition coefficient (Wildman–Crippen LogP) is 5.64. The first-order chi connectivity index (χ1) is 19.6. The highest BCUT2D eigenvalue weighted by atomic mass is 35.5. The minimum absolute atomic E-state index is 0.00539. The van der Waals surface area contributed by atoms with Crippen LogP contribution in [0.1, 0.15) is 62.3 Å². The Balaban J connectivity index is 1.65. The summed E-state index contributed by atoms with van der Waals surface area (Å²) >= 11 is 7.61. The summed E-state index contributed by atoms with van der Waals surface area (Å²) in [5.74, 6) is -2.13. The van der Waals surface area contributed by atoms with E-state index in [9.17, 15) is 24.3 Å². The van der Waals surface area contributed by atoms with Crippen LogP contribution in [-0.2, 0) is 11.3 Å². The van der Waals surface area contributed by atoms with Crippen molar-refractivity contribution in [3.63, 3.8) is 0 Å². The molecule has 3 amide bonds. The number of carbonyl (C=O) groups is 4. The second kappa shape index (κ2) is 13.5. The minimum Gasteiger partial charge on any atom is -0.543 e. The lowest BCUT2D eigenvalue weighted by Gasteiger charge is -2.36. The Labute approximate surface area is 255 Å². The predicted molar refractivity (Wildman–Crippen MR) is 167 cm³/mol. The van der Waals surface area contributed by atoms with E-state index in [2.05, 4.69) is 49.8 Å². The topological polar surface area (TPSA) is 134 Å². The summed E-state index contributed by atoms with van der Waals surface area (Å²) in [4.78, 5) is 50.3. The van der Waals surface area contributed by atoms with E-state index in [4.69, 9.17) is 16.0 Å². The lowest BCUT2D eigenvalue weighted by atomic mass is 10.0. The largest absolute Gasteiger partial charge is 0.543 e. The van der Waals surface area contributed by atoms with Crippen molar-refractivity contribution in [1.82, 2.24) is 16.0 Å². The lowest BCUT2D eigenvalue weighted by molar-refractivity contribution is -0.139. The fraction of sp³-hybridized carbons (Fsp3) is 0.333. The maximum absolute atomic E-state index is 13.0. The van der Waals surface area contributed by atoms with Gasteiger partial charge in [-0.25, -0.2) is 4.79 Å². The van der Waals surface area contributed by atoms with Crippen molar-refractivity contribution in [2.24, 2.45) is 0 Å². The molecule has 3 rings (SSSR count). The third-order valence-electron chi connectivity index (χ3n) is 7.12. The zero-order valence-corrected chi connectivity index (χ0v) is 27.0. The van der Waals surface area contributed by atoms with E-state index in [1.54, 1.807) is 24.4 Å². The molecule has 3 aromatic rings. The molecule has 1 heterocycles. The maximum Gasteiger partial charge on any atom is 0.328 e. The van der Waals surface area contributed by atoms with Gasteiger partial charge in [-0.3, -0.25) is 14.4 Å². The molecule has 0 saturated heterocycles. The summed E-state index contributed by atoms with van der Waals surface area (Å²) in [5, 5.41) is 19.1. The number of carboxylic acids is 1. The molecule has 0 bridgehead atoms. The van der Waals surface area contributed by atoms with Crippen molar-refractivity contribution >= 4 is 54.9 Å². The summed E-state index contributed by atoms with van der Waals surface area (Å²) < 4.78 is 6.37. The Hall–Kier alpha value is -3.67. The van der Waals surface area contributed by atoms with Crippen molar-refractivity contribution in [3.05, 3.63) is 86.1 Å². The van der Waals surface area contributed by atoms with E-state index < -0.39 is 32.1 Å². The second-order valence-corrected chi connectivity index (χ2v) is 17.5. The average Bonchev–Trinajstić information content (AvgIpc) is 3.43. The summed E-state index contributed by atoms with van der Waals surface area (Å²) in [6.45, 7) is 12.4. The fourth-order valence-electron chi connectivity index (χ4n) is 3.73. The van der Waals surface area contributed by atoms with Crippen LogP contribution in [0.25, 0.3) is 0 Å². The number of amides is 3. The second-order valence-electron chi connectivity index (χ2n) is 11.4. The molecule has 42 heavy (non-hydrogen) atoms. The molecule has 9 nitrogen and oxygen atoms in total. The van der Waals surface area contributed by atoms with Crippen LogP contribution in [0.5, 0.6) is 5.75 Å². The highest BCUT2D eigenvalue weighted by molar-refractivity contribution is 7.12. The number of hydrogen-bond donors (Lipinski definition) is 4. The van der Waals surface area contributed by atoms with E-state index in [0.29, 0.717) is 10.4 Å². The highest BCUT2D eigenvalue weighted by Gasteiger charge is 2.39. The van der Waals surface area contributed by atoms with Crippen molar-refractivity contribution < 1.29 is 28.7 Å². The fourth-order valence-corrected chi connectivity index (χ4v) is 5.75. The highest BCUT2D eigenvalue weighted by Crippen LogP contribution is 2.37. The van der Waals surface area contributed by atoms with E-state index >= 15 is 0 Å². The summed E-state index contributed by atoms with van der Waals surface area (Å²) in [6.07, 6.45) is 0. The number of nitrogens with one attached hydrogen (secondary N) is 3. The quantitative estimate of drug-likeness (QED) is 0.203. The maximum atomic E-state index is 13.0. The number of carbonyl (C=O) groups excluding carboxylic acids is 3. The van der Waals surface area contributed by atoms with Crippen molar-refractivity contribution in [1.29, 1.82) is 0 Å². The van der Waals surface area contributed by atoms with Gasteiger partial charge < -0.3 is 25.5 Å². The Bertz CT molecular complexity index is 1450. The first-order valence-electron chi connectivity index (χ1n) is 13.3. The molecular formula is C30H36ClN3O6SSi. The van der Waals surface area contributed by atoms with Crippen LogP contribution in [0, 0.1) is 6.92 Å². The number of halogens is 1. The van der Waals surface area contributed by atoms with Crippen LogP contribution < -0.4 is 20.4 Å². The van der Waals surface area contributed by atoms with Crippen LogP contribution in [0.4, 0.5) is 0 Å². The number of carboxylic acid groups (broad SMARTS) is 1. The molecule has 0 radical (unpaired) electrons. The Morgan fingerprint density at radius 2 is 1.71 bits per heavy atom. The number of aryl methyl sites for hydroxylation is 1. The number of aliphatic carboxylic acids is 1. The van der Waals surface area contributed by atoms with Crippen molar-refractivity contribution in [2.75, 3.05) is 6.54 Å². The smallest absolute Gasteiger partial charge is 0.328 e. The lowest BCUT2D eigenvalue weighted by Crippen LogP contribution is -2.48. The molecule has 12 heteroatoms. The first kappa shape index (κ1) is 32.8. The van der Waals surface area contributed by atoms with Crippen molar-refractivity contribution in [2.45, 2.75) is 58.4 Å². The molecule has 0 fully saturated rings. The Morgan fingerprint density at radius 1 is 1.00 bits per heavy atom. The summed E-state index contributed by atoms with van der Waals surface area (Å²) in [6, 6.07) is 12.4. The van der Waals surface area contributed by atoms with Gasteiger partial charge in [0.1, 0.15) is 11.8 Å². The zero-order valence-electron chi connectivity index (χ0n) is 24.5. The monoisotopic (exact) mass is 629 g/mol. The molecule has 0 aliphatic rings. The van der Waals surface area contributed by atoms with Gasteiger partial charge in [-0.1, -0.05) is 50.6 Å². The summed E-state index contributed by atoms with van der Waals surface area (Å²) in [7, 11) is -2.02. The van der Waals surface area contributed by atoms with E-state index in [1.165, 1.54) is 23.5 Å². The molecule has 1 atom stereocenters. The van der Waals surface area contributed by atoms with Gasteiger partial charge in [0.15, 0.2) is 0 Å². The van der Waals surface area contributed by atoms with E-state index in [0.717, 1.165) is 11.3 Å². The van der Waals surface area contributed by atoms with Gasteiger partial charge in [0.25, 0.3) is 17.7 Å². The van der Waals surface area contributed by atoms with Gasteiger partial charge in [0.2, 0.25) is 8.32 Å². The van der Waals surface area contributed by atoms with Crippen LogP contribution >= 0.6 is 22.9 Å². The molecule has 2 aromatic carbocycles. The molecule has 0 unspecified atom stereocenters. The van der Waals surface area contributed by atoms with Crippen molar-refractivity contribution in [3.8, 4) is 5.75 Å². The van der Waals surface area contributed by atoms with Gasteiger partial charge in [-0.2, -0.15) is 0 Å². The molecule has 1 aromatic heterocycles. The van der Waals surface area contributed by atoms with E-state index in [-0.39, 0.29) is 40.2 Å². The van der Waals surface area contributed by atoms with Crippen LogP contribution in [0.15, 0.2) is 53.9 Å². The van der Waals surface area contributed by atoms with Gasteiger partial charge in [0, 0.05) is 18.7 Å². The van der Waals surface area contributed by atoms with Crippen LogP contribution in [-0.4, -0.2) is 49.7 Å². The number of rotatable bonds is 11. The number of benzene rings is 2. The molecule has 0 saturated carbocycles. The third-order valence-corrected chi connectivity index (χ3v) is 12.6. The average molecular weight is 630 g/mol. The molecule has 0 aliphatic heterocycles. The van der Waals surface area contributed by atoms with Crippen LogP contribution in [0.2, 0.25) is 23.2 Å². The minimum atomic E-state index is -2.02. The van der Waals surface area contributed by atoms with Gasteiger partial charge in [-0.15, -0.1) is 11.3 Å². The molecular weight excluding hydrogens is 594 g/mol. The SMILES string of the molecule is Cc1cc(C(=O)NCc2cccc(O[Si](C)(C)C(C)(C)C)c2)cc(Cl)c1C(=O)N[C@@H](CNC(=O)c1cccs1)C(=O)O. The third kappa shape index (κ3) is 8.43. The standard InChI is InChI=1S/C30H36ClN3O6SSi/c1-18-13-20(26(35)32-16-19-9-7-10-21(14-19)40-42(5,6)30(2,3)4)15-22(31)25(18)28(37)34-23(29(38)39)17-33-27(36)24-11-8-12-41-24/h7-15,23H,16-17H2,1-6H3,(H,32,35)(H,33,36)(H,34,37)(H,38,39)/t23-/m0/s1. The summed E-state index contributed by atoms with van der Waals surface area (Å²) in [5.41, 5.74) is 1.55. The first-order valence-corrected chi connectivity index (χ1v) is 17.5. The van der Waals surface area contributed by atoms with Gasteiger partial charge in [-0.05, 0) is 71.9 Å². The Kier molecular flexibility index (Phi) is 10.6. The van der Waals surface area contributed by atoms with E-state index in [1.807, 2.05) is 24.3 Å². The number of hydrogen-bond acceptors (Lipinski definition) is 6. The zero-order chi connectivity index (χ0) is 31.2. The normalized spacial score (nSPS) is 12.3. The van der Waals surface area contributed by atoms with Gasteiger partial charge in [0.05, 0.1) is 15.5 Å². The van der Waals surface area contributed by atoms with Crippen LogP contribution in [0.3, 0.4) is 0 Å².